The minimum atomic E-state index is -0.520. The molecule has 0 bridgehead atoms. The van der Waals surface area contributed by atoms with E-state index in [9.17, 15) is 14.5 Å². The molecule has 0 unspecified atom stereocenters. The number of nitrogens with zero attached hydrogens (tertiary/aromatic N) is 4. The van der Waals surface area contributed by atoms with Crippen LogP contribution in [0.1, 0.15) is 5.76 Å². The van der Waals surface area contributed by atoms with E-state index >= 15 is 0 Å². The van der Waals surface area contributed by atoms with Crippen LogP contribution in [0.5, 0.6) is 0 Å². The Balaban J connectivity index is 1.78. The van der Waals surface area contributed by atoms with Gasteiger partial charge in [0.1, 0.15) is 30.4 Å². The summed E-state index contributed by atoms with van der Waals surface area (Å²) in [5.74, 6) is 0.165. The van der Waals surface area contributed by atoms with Gasteiger partial charge in [-0.05, 0) is 24.3 Å². The molecule has 1 aromatic carbocycles. The van der Waals surface area contributed by atoms with E-state index < -0.39 is 4.92 Å². The molecule has 3 rings (SSSR count). The molecule has 0 aliphatic carbocycles. The Morgan fingerprint density at radius 2 is 2.10 bits per heavy atom. The van der Waals surface area contributed by atoms with Crippen LogP contribution in [-0.2, 0) is 6.54 Å². The third-order valence-corrected chi connectivity index (χ3v) is 2.85. The van der Waals surface area contributed by atoms with E-state index in [1.54, 1.807) is 18.2 Å². The molecule has 21 heavy (non-hydrogen) atoms. The van der Waals surface area contributed by atoms with Crippen molar-refractivity contribution in [3.8, 4) is 11.3 Å². The molecular formula is C13H9FN4O3. The Labute approximate surface area is 117 Å². The van der Waals surface area contributed by atoms with E-state index in [0.29, 0.717) is 11.5 Å². The number of halogens is 1. The maximum Gasteiger partial charge on any atom is 0.307 e. The lowest BCUT2D eigenvalue weighted by Gasteiger charge is -1.94. The van der Waals surface area contributed by atoms with Crippen LogP contribution >= 0.6 is 0 Å². The van der Waals surface area contributed by atoms with Crippen LogP contribution in [0.2, 0.25) is 0 Å². The number of benzene rings is 1. The SMILES string of the molecule is O=[N+]([O-])c1cnn(Cc2cc(-c3ccc(F)cc3)no2)c1. The van der Waals surface area contributed by atoms with Gasteiger partial charge in [-0.3, -0.25) is 14.8 Å². The van der Waals surface area contributed by atoms with Crippen molar-refractivity contribution in [2.75, 3.05) is 0 Å². The molecule has 0 aliphatic rings. The van der Waals surface area contributed by atoms with E-state index in [0.717, 1.165) is 11.8 Å². The second-order valence-corrected chi connectivity index (χ2v) is 4.34. The standard InChI is InChI=1S/C13H9FN4O3/c14-10-3-1-9(2-4-10)13-5-12(21-16-13)8-17-7-11(6-15-17)18(19)20/h1-7H,8H2. The smallest absolute Gasteiger partial charge is 0.307 e. The van der Waals surface area contributed by atoms with Gasteiger partial charge in [0, 0.05) is 11.6 Å². The Bertz CT molecular complexity index is 779. The fourth-order valence-electron chi connectivity index (χ4n) is 1.84. The normalized spacial score (nSPS) is 10.7. The highest BCUT2D eigenvalue weighted by atomic mass is 19.1. The molecular weight excluding hydrogens is 279 g/mol. The molecule has 2 aromatic heterocycles. The van der Waals surface area contributed by atoms with Crippen LogP contribution in [0.25, 0.3) is 11.3 Å². The van der Waals surface area contributed by atoms with E-state index in [2.05, 4.69) is 10.3 Å². The molecule has 0 amide bonds. The number of nitro groups is 1. The fraction of sp³-hybridized carbons (Fsp3) is 0.0769. The quantitative estimate of drug-likeness (QED) is 0.544. The van der Waals surface area contributed by atoms with Crippen LogP contribution < -0.4 is 0 Å². The highest BCUT2D eigenvalue weighted by Gasteiger charge is 2.12. The highest BCUT2D eigenvalue weighted by molar-refractivity contribution is 5.58. The molecule has 3 aromatic rings. The third kappa shape index (κ3) is 2.78. The summed E-state index contributed by atoms with van der Waals surface area (Å²) in [5.41, 5.74) is 1.19. The van der Waals surface area contributed by atoms with Crippen LogP contribution in [0.15, 0.2) is 47.2 Å². The third-order valence-electron chi connectivity index (χ3n) is 2.85. The minimum absolute atomic E-state index is 0.0896. The molecule has 0 atom stereocenters. The Kier molecular flexibility index (Phi) is 3.19. The lowest BCUT2D eigenvalue weighted by molar-refractivity contribution is -0.385. The first-order valence-electron chi connectivity index (χ1n) is 6.00. The van der Waals surface area contributed by atoms with Gasteiger partial charge in [-0.2, -0.15) is 5.10 Å². The fourth-order valence-corrected chi connectivity index (χ4v) is 1.84. The summed E-state index contributed by atoms with van der Waals surface area (Å²) >= 11 is 0. The second kappa shape index (κ2) is 5.16. The second-order valence-electron chi connectivity index (χ2n) is 4.34. The monoisotopic (exact) mass is 288 g/mol. The first kappa shape index (κ1) is 13.0. The van der Waals surface area contributed by atoms with Gasteiger partial charge in [-0.1, -0.05) is 5.16 Å². The van der Waals surface area contributed by atoms with Crippen molar-refractivity contribution in [2.45, 2.75) is 6.54 Å². The summed E-state index contributed by atoms with van der Waals surface area (Å²) in [6, 6.07) is 7.54. The van der Waals surface area contributed by atoms with Crippen LogP contribution in [0, 0.1) is 15.9 Å². The summed E-state index contributed by atoms with van der Waals surface area (Å²) < 4.78 is 19.4. The van der Waals surface area contributed by atoms with Crippen LogP contribution in [0.4, 0.5) is 10.1 Å². The van der Waals surface area contributed by atoms with Gasteiger partial charge < -0.3 is 4.52 Å². The minimum Gasteiger partial charge on any atom is -0.359 e. The molecule has 0 radical (unpaired) electrons. The summed E-state index contributed by atoms with van der Waals surface area (Å²) in [6.45, 7) is 0.224. The topological polar surface area (TPSA) is 87.0 Å². The summed E-state index contributed by atoms with van der Waals surface area (Å²) in [6.07, 6.45) is 2.47. The van der Waals surface area contributed by atoms with Crippen molar-refractivity contribution in [3.63, 3.8) is 0 Å². The average molecular weight is 288 g/mol. The van der Waals surface area contributed by atoms with Crippen molar-refractivity contribution >= 4 is 5.69 Å². The Morgan fingerprint density at radius 3 is 2.76 bits per heavy atom. The van der Waals surface area contributed by atoms with Crippen molar-refractivity contribution in [3.05, 3.63) is 64.4 Å². The first-order chi connectivity index (χ1) is 10.1. The largest absolute Gasteiger partial charge is 0.359 e. The molecule has 2 heterocycles. The number of aromatic nitrogens is 3. The number of rotatable bonds is 4. The van der Waals surface area contributed by atoms with Crippen molar-refractivity contribution in [1.29, 1.82) is 0 Å². The van der Waals surface area contributed by atoms with Gasteiger partial charge in [-0.25, -0.2) is 4.39 Å². The molecule has 0 N–H and O–H groups in total. The molecule has 0 aliphatic heterocycles. The van der Waals surface area contributed by atoms with Gasteiger partial charge in [0.15, 0.2) is 5.76 Å². The predicted octanol–water partition coefficient (Wildman–Crippen LogP) is 2.63. The molecule has 7 nitrogen and oxygen atoms in total. The van der Waals surface area contributed by atoms with Gasteiger partial charge in [0.2, 0.25) is 0 Å². The molecule has 0 saturated heterocycles. The van der Waals surface area contributed by atoms with Crippen LogP contribution in [-0.4, -0.2) is 19.9 Å². The van der Waals surface area contributed by atoms with E-state index in [1.165, 1.54) is 23.0 Å². The maximum absolute atomic E-state index is 12.9. The van der Waals surface area contributed by atoms with Crippen molar-refractivity contribution in [1.82, 2.24) is 14.9 Å². The molecule has 8 heteroatoms. The first-order valence-corrected chi connectivity index (χ1v) is 6.00. The zero-order valence-electron chi connectivity index (χ0n) is 10.6. The summed E-state index contributed by atoms with van der Waals surface area (Å²) in [5, 5.41) is 18.3. The van der Waals surface area contributed by atoms with Crippen molar-refractivity contribution < 1.29 is 13.8 Å². The Morgan fingerprint density at radius 1 is 1.33 bits per heavy atom. The molecule has 106 valence electrons. The van der Waals surface area contributed by atoms with E-state index in [4.69, 9.17) is 4.52 Å². The van der Waals surface area contributed by atoms with E-state index in [1.807, 2.05) is 0 Å². The molecule has 0 fully saturated rings. The number of hydrogen-bond acceptors (Lipinski definition) is 5. The van der Waals surface area contributed by atoms with Gasteiger partial charge in [0.05, 0.1) is 4.92 Å². The van der Waals surface area contributed by atoms with Gasteiger partial charge in [0.25, 0.3) is 0 Å². The lowest BCUT2D eigenvalue weighted by atomic mass is 10.1. The summed E-state index contributed by atoms with van der Waals surface area (Å²) in [4.78, 5) is 10.0. The van der Waals surface area contributed by atoms with E-state index in [-0.39, 0.29) is 18.0 Å². The molecule has 0 saturated carbocycles. The number of hydrogen-bond donors (Lipinski definition) is 0. The highest BCUT2D eigenvalue weighted by Crippen LogP contribution is 2.20. The average Bonchev–Trinajstić information content (AvgIpc) is 3.10. The zero-order valence-corrected chi connectivity index (χ0v) is 10.6. The van der Waals surface area contributed by atoms with Gasteiger partial charge >= 0.3 is 5.69 Å². The Hall–Kier alpha value is -3.03. The van der Waals surface area contributed by atoms with Gasteiger partial charge in [-0.15, -0.1) is 0 Å². The predicted molar refractivity (Wildman–Crippen MR) is 69.9 cm³/mol. The lowest BCUT2D eigenvalue weighted by Crippen LogP contribution is -1.98. The van der Waals surface area contributed by atoms with Crippen LogP contribution in [0.3, 0.4) is 0 Å². The zero-order chi connectivity index (χ0) is 14.8. The van der Waals surface area contributed by atoms with Crippen molar-refractivity contribution in [2.24, 2.45) is 0 Å². The molecule has 0 spiro atoms. The summed E-state index contributed by atoms with van der Waals surface area (Å²) in [7, 11) is 0. The maximum atomic E-state index is 12.9.